The Labute approximate surface area is 117 Å². The van der Waals surface area contributed by atoms with E-state index in [1.54, 1.807) is 0 Å². The second kappa shape index (κ2) is 6.50. The molecule has 0 bridgehead atoms. The lowest BCUT2D eigenvalue weighted by Crippen LogP contribution is -2.60. The van der Waals surface area contributed by atoms with Gasteiger partial charge in [-0.2, -0.15) is 5.10 Å². The summed E-state index contributed by atoms with van der Waals surface area (Å²) in [5.74, 6) is 5.80. The van der Waals surface area contributed by atoms with E-state index in [2.05, 4.69) is 49.2 Å². The highest BCUT2D eigenvalue weighted by Gasteiger charge is 2.33. The van der Waals surface area contributed by atoms with Crippen molar-refractivity contribution >= 4 is 0 Å². The molecule has 1 aromatic heterocycles. The minimum absolute atomic E-state index is 0.00355. The van der Waals surface area contributed by atoms with E-state index >= 15 is 0 Å². The van der Waals surface area contributed by atoms with Crippen LogP contribution in [0.25, 0.3) is 0 Å². The number of aromatic nitrogens is 2. The summed E-state index contributed by atoms with van der Waals surface area (Å²) in [6.07, 6.45) is 0.872. The fraction of sp³-hybridized carbons (Fsp3) is 0.786. The molecule has 1 atom stereocenters. The SMILES string of the molecule is CCN(CC)C(C)(C)C(Cc1cc(C)nn1C)NN. The number of aryl methyl sites for hydroxylation is 2. The minimum Gasteiger partial charge on any atom is -0.297 e. The van der Waals surface area contributed by atoms with E-state index in [1.165, 1.54) is 5.69 Å². The maximum atomic E-state index is 5.80. The first-order chi connectivity index (χ1) is 8.86. The summed E-state index contributed by atoms with van der Waals surface area (Å²) in [6.45, 7) is 12.9. The molecule has 0 amide bonds. The first-order valence-electron chi connectivity index (χ1n) is 7.07. The van der Waals surface area contributed by atoms with Crippen molar-refractivity contribution in [3.8, 4) is 0 Å². The van der Waals surface area contributed by atoms with Gasteiger partial charge in [0.15, 0.2) is 0 Å². The van der Waals surface area contributed by atoms with Crippen LogP contribution in [0, 0.1) is 6.92 Å². The molecule has 1 unspecified atom stereocenters. The fourth-order valence-corrected chi connectivity index (χ4v) is 2.84. The first-order valence-corrected chi connectivity index (χ1v) is 7.07. The Balaban J connectivity index is 2.91. The van der Waals surface area contributed by atoms with Gasteiger partial charge in [-0.05, 0) is 39.9 Å². The highest BCUT2D eigenvalue weighted by molar-refractivity contribution is 5.12. The van der Waals surface area contributed by atoms with Crippen LogP contribution in [0.1, 0.15) is 39.1 Å². The van der Waals surface area contributed by atoms with Gasteiger partial charge in [-0.3, -0.25) is 20.9 Å². The monoisotopic (exact) mass is 267 g/mol. The van der Waals surface area contributed by atoms with Gasteiger partial charge in [0.05, 0.1) is 5.69 Å². The number of hydrogen-bond acceptors (Lipinski definition) is 4. The van der Waals surface area contributed by atoms with Crippen molar-refractivity contribution in [1.29, 1.82) is 0 Å². The quantitative estimate of drug-likeness (QED) is 0.576. The third kappa shape index (κ3) is 3.55. The van der Waals surface area contributed by atoms with Crippen molar-refractivity contribution in [2.45, 2.75) is 52.6 Å². The van der Waals surface area contributed by atoms with E-state index in [4.69, 9.17) is 5.84 Å². The van der Waals surface area contributed by atoms with E-state index < -0.39 is 0 Å². The second-order valence-electron chi connectivity index (χ2n) is 5.65. The third-order valence-corrected chi connectivity index (χ3v) is 4.14. The molecule has 0 aliphatic heterocycles. The van der Waals surface area contributed by atoms with Crippen LogP contribution < -0.4 is 11.3 Å². The topological polar surface area (TPSA) is 59.1 Å². The van der Waals surface area contributed by atoms with Crippen molar-refractivity contribution in [2.75, 3.05) is 13.1 Å². The molecule has 0 aromatic carbocycles. The van der Waals surface area contributed by atoms with E-state index in [-0.39, 0.29) is 11.6 Å². The number of hydrazine groups is 1. The number of hydrogen-bond donors (Lipinski definition) is 2. The lowest BCUT2D eigenvalue weighted by molar-refractivity contribution is 0.0904. The van der Waals surface area contributed by atoms with Gasteiger partial charge in [0.1, 0.15) is 0 Å². The van der Waals surface area contributed by atoms with Crippen LogP contribution in [0.5, 0.6) is 0 Å². The molecule has 19 heavy (non-hydrogen) atoms. The summed E-state index contributed by atoms with van der Waals surface area (Å²) in [6, 6.07) is 2.31. The predicted molar refractivity (Wildman–Crippen MR) is 79.8 cm³/mol. The largest absolute Gasteiger partial charge is 0.297 e. The van der Waals surface area contributed by atoms with Gasteiger partial charge in [0.25, 0.3) is 0 Å². The number of nitrogens with two attached hydrogens (primary N) is 1. The highest BCUT2D eigenvalue weighted by Crippen LogP contribution is 2.21. The molecule has 5 heteroatoms. The zero-order valence-electron chi connectivity index (χ0n) is 13.2. The molecule has 1 heterocycles. The standard InChI is InChI=1S/C14H29N5/c1-7-19(8-2)14(4,5)13(16-15)10-12-9-11(3)17-18(12)6/h9,13,16H,7-8,10,15H2,1-6H3. The average Bonchev–Trinajstić information content (AvgIpc) is 2.65. The molecule has 0 fully saturated rings. The van der Waals surface area contributed by atoms with Crippen LogP contribution in [0.15, 0.2) is 6.07 Å². The molecule has 0 aliphatic carbocycles. The Kier molecular flexibility index (Phi) is 5.52. The van der Waals surface area contributed by atoms with Crippen molar-refractivity contribution in [1.82, 2.24) is 20.1 Å². The smallest absolute Gasteiger partial charge is 0.0596 e. The van der Waals surface area contributed by atoms with Gasteiger partial charge in [-0.25, -0.2) is 0 Å². The van der Waals surface area contributed by atoms with Gasteiger partial charge in [0.2, 0.25) is 0 Å². The van der Waals surface area contributed by atoms with Crippen LogP contribution in [0.3, 0.4) is 0 Å². The van der Waals surface area contributed by atoms with Crippen LogP contribution in [-0.2, 0) is 13.5 Å². The molecule has 110 valence electrons. The number of nitrogens with one attached hydrogen (secondary N) is 1. The molecule has 5 nitrogen and oxygen atoms in total. The Morgan fingerprint density at radius 1 is 1.42 bits per heavy atom. The van der Waals surface area contributed by atoms with Crippen molar-refractivity contribution in [3.63, 3.8) is 0 Å². The summed E-state index contributed by atoms with van der Waals surface area (Å²) in [5, 5.41) is 4.40. The van der Waals surface area contributed by atoms with Crippen LogP contribution in [-0.4, -0.2) is 39.4 Å². The molecule has 1 aromatic rings. The molecule has 0 saturated heterocycles. The van der Waals surface area contributed by atoms with Crippen LogP contribution in [0.4, 0.5) is 0 Å². The number of likely N-dealkylation sites (N-methyl/N-ethyl adjacent to an activating group) is 1. The number of rotatable bonds is 7. The zero-order valence-corrected chi connectivity index (χ0v) is 13.2. The first kappa shape index (κ1) is 16.1. The Bertz CT molecular complexity index is 393. The van der Waals surface area contributed by atoms with Gasteiger partial charge in [-0.15, -0.1) is 0 Å². The predicted octanol–water partition coefficient (Wildman–Crippen LogP) is 1.22. The molecule has 3 N–H and O–H groups in total. The number of nitrogens with zero attached hydrogens (tertiary/aromatic N) is 3. The minimum atomic E-state index is -0.00355. The van der Waals surface area contributed by atoms with E-state index in [1.807, 2.05) is 18.7 Å². The molecular formula is C14H29N5. The van der Waals surface area contributed by atoms with E-state index in [0.29, 0.717) is 0 Å². The average molecular weight is 267 g/mol. The lowest BCUT2D eigenvalue weighted by Gasteiger charge is -2.43. The summed E-state index contributed by atoms with van der Waals surface area (Å²) in [4.78, 5) is 2.43. The molecule has 0 saturated carbocycles. The summed E-state index contributed by atoms with van der Waals surface area (Å²) in [7, 11) is 1.99. The summed E-state index contributed by atoms with van der Waals surface area (Å²) < 4.78 is 1.94. The van der Waals surface area contributed by atoms with Crippen molar-refractivity contribution < 1.29 is 0 Å². The maximum Gasteiger partial charge on any atom is 0.0596 e. The summed E-state index contributed by atoms with van der Waals surface area (Å²) in [5.41, 5.74) is 5.25. The van der Waals surface area contributed by atoms with Crippen LogP contribution >= 0.6 is 0 Å². The zero-order chi connectivity index (χ0) is 14.6. The van der Waals surface area contributed by atoms with Gasteiger partial charge in [-0.1, -0.05) is 13.8 Å². The Morgan fingerprint density at radius 2 is 2.00 bits per heavy atom. The normalized spacial score (nSPS) is 14.1. The van der Waals surface area contributed by atoms with Crippen molar-refractivity contribution in [3.05, 3.63) is 17.5 Å². The lowest BCUT2D eigenvalue weighted by atomic mass is 9.89. The molecule has 1 rings (SSSR count). The third-order valence-electron chi connectivity index (χ3n) is 4.14. The van der Waals surface area contributed by atoms with Crippen molar-refractivity contribution in [2.24, 2.45) is 12.9 Å². The van der Waals surface area contributed by atoms with E-state index in [0.717, 1.165) is 25.2 Å². The van der Waals surface area contributed by atoms with Crippen LogP contribution in [0.2, 0.25) is 0 Å². The summed E-state index contributed by atoms with van der Waals surface area (Å²) >= 11 is 0. The fourth-order valence-electron chi connectivity index (χ4n) is 2.84. The van der Waals surface area contributed by atoms with Gasteiger partial charge >= 0.3 is 0 Å². The highest BCUT2D eigenvalue weighted by atomic mass is 15.3. The maximum absolute atomic E-state index is 5.80. The Hall–Kier alpha value is -0.910. The van der Waals surface area contributed by atoms with E-state index in [9.17, 15) is 0 Å². The second-order valence-corrected chi connectivity index (χ2v) is 5.65. The molecule has 0 spiro atoms. The van der Waals surface area contributed by atoms with Gasteiger partial charge in [0, 0.05) is 30.7 Å². The molecular weight excluding hydrogens is 238 g/mol. The van der Waals surface area contributed by atoms with Gasteiger partial charge < -0.3 is 0 Å². The Morgan fingerprint density at radius 3 is 2.37 bits per heavy atom. The molecule has 0 aliphatic rings. The molecule has 0 radical (unpaired) electrons.